The Balaban J connectivity index is 2.22. The topological polar surface area (TPSA) is 130 Å². The summed E-state index contributed by atoms with van der Waals surface area (Å²) in [5.74, 6) is -0.951. The molecule has 2 N–H and O–H groups in total. The fourth-order valence-electron chi connectivity index (χ4n) is 2.83. The number of hydrogen-bond donors (Lipinski definition) is 2. The smallest absolute Gasteiger partial charge is 0.265 e. The van der Waals surface area contributed by atoms with E-state index in [0.717, 1.165) is 0 Å². The lowest BCUT2D eigenvalue weighted by Gasteiger charge is -2.13. The number of anilines is 1. The number of carboxylic acid groups (broad SMARTS) is 1. The van der Waals surface area contributed by atoms with E-state index in [1.54, 1.807) is 0 Å². The molecule has 11 heteroatoms. The van der Waals surface area contributed by atoms with Crippen LogP contribution in [0.4, 0.5) is 5.69 Å². The summed E-state index contributed by atoms with van der Waals surface area (Å²) in [7, 11) is -0.153. The maximum Gasteiger partial charge on any atom is 0.265 e. The summed E-state index contributed by atoms with van der Waals surface area (Å²) < 4.78 is 43.8. The molecule has 0 amide bonds. The van der Waals surface area contributed by atoms with Crippen LogP contribution >= 0.6 is 11.6 Å². The van der Waals surface area contributed by atoms with Crippen molar-refractivity contribution in [3.63, 3.8) is 0 Å². The van der Waals surface area contributed by atoms with Crippen molar-refractivity contribution in [2.45, 2.75) is 4.90 Å². The van der Waals surface area contributed by atoms with Crippen molar-refractivity contribution in [2.24, 2.45) is 0 Å². The molecular formula is C18H16ClN2O7S-. The van der Waals surface area contributed by atoms with Crippen LogP contribution in [0.5, 0.6) is 17.2 Å². The Bertz CT molecular complexity index is 1200. The van der Waals surface area contributed by atoms with Crippen molar-refractivity contribution in [2.75, 3.05) is 26.1 Å². The zero-order valence-corrected chi connectivity index (χ0v) is 17.1. The average molecular weight is 440 g/mol. The van der Waals surface area contributed by atoms with E-state index in [1.165, 1.54) is 51.7 Å². The Hall–Kier alpha value is -3.11. The van der Waals surface area contributed by atoms with Crippen LogP contribution in [0.25, 0.3) is 10.9 Å². The predicted octanol–water partition coefficient (Wildman–Crippen LogP) is 2.01. The molecule has 29 heavy (non-hydrogen) atoms. The summed E-state index contributed by atoms with van der Waals surface area (Å²) in [6, 6.07) is 6.98. The number of rotatable bonds is 7. The zero-order chi connectivity index (χ0) is 21.3. The van der Waals surface area contributed by atoms with Crippen molar-refractivity contribution in [1.29, 1.82) is 0 Å². The van der Waals surface area contributed by atoms with Gasteiger partial charge in [0.05, 0.1) is 44.2 Å². The number of methoxy groups -OCH3 is 3. The van der Waals surface area contributed by atoms with E-state index in [2.05, 4.69) is 9.71 Å². The molecule has 154 valence electrons. The van der Waals surface area contributed by atoms with Crippen LogP contribution in [0.15, 0.2) is 35.2 Å². The SMILES string of the molecule is COc1cc2[nH]c(C(=O)[O-])c(NS(=O)(=O)c3cc(Cl)ccc3OC)c2cc1OC. The minimum atomic E-state index is -4.27. The molecule has 0 bridgehead atoms. The van der Waals surface area contributed by atoms with Crippen LogP contribution in [0.1, 0.15) is 10.5 Å². The Morgan fingerprint density at radius 3 is 2.24 bits per heavy atom. The molecule has 0 aliphatic carbocycles. The van der Waals surface area contributed by atoms with E-state index >= 15 is 0 Å². The lowest BCUT2D eigenvalue weighted by atomic mass is 10.2. The van der Waals surface area contributed by atoms with Crippen molar-refractivity contribution in [3.05, 3.63) is 41.0 Å². The van der Waals surface area contributed by atoms with Crippen molar-refractivity contribution in [1.82, 2.24) is 4.98 Å². The van der Waals surface area contributed by atoms with E-state index in [9.17, 15) is 18.3 Å². The fourth-order valence-corrected chi connectivity index (χ4v) is 4.36. The molecule has 0 atom stereocenters. The van der Waals surface area contributed by atoms with E-state index in [-0.39, 0.29) is 32.5 Å². The summed E-state index contributed by atoms with van der Waals surface area (Å²) in [5.41, 5.74) is -0.375. The number of carbonyl (C=O) groups is 1. The number of ether oxygens (including phenoxy) is 3. The highest BCUT2D eigenvalue weighted by atomic mass is 35.5. The van der Waals surface area contributed by atoms with Gasteiger partial charge < -0.3 is 29.1 Å². The molecule has 0 unspecified atom stereocenters. The first-order chi connectivity index (χ1) is 13.7. The third-order valence-corrected chi connectivity index (χ3v) is 5.76. The van der Waals surface area contributed by atoms with Gasteiger partial charge in [-0.2, -0.15) is 0 Å². The standard InChI is InChI=1S/C18H17ClN2O7S/c1-26-12-5-4-9(19)6-15(12)29(24,25)21-16-10-7-13(27-2)14(28-3)8-11(10)20-17(16)18(22)23/h4-8,20-21H,1-3H3,(H,22,23)/p-1. The minimum absolute atomic E-state index is 0.0380. The highest BCUT2D eigenvalue weighted by Crippen LogP contribution is 2.38. The lowest BCUT2D eigenvalue weighted by Crippen LogP contribution is -2.25. The number of H-pyrrole nitrogens is 1. The summed E-state index contributed by atoms with van der Waals surface area (Å²) >= 11 is 5.92. The van der Waals surface area contributed by atoms with E-state index in [0.29, 0.717) is 11.3 Å². The number of aromatic nitrogens is 1. The van der Waals surface area contributed by atoms with Crippen LogP contribution in [0, 0.1) is 0 Å². The number of aromatic carboxylic acids is 1. The average Bonchev–Trinajstić information content (AvgIpc) is 3.03. The van der Waals surface area contributed by atoms with E-state index in [1.807, 2.05) is 0 Å². The van der Waals surface area contributed by atoms with Gasteiger partial charge in [0.1, 0.15) is 10.6 Å². The monoisotopic (exact) mass is 439 g/mol. The first-order valence-electron chi connectivity index (χ1n) is 8.07. The third-order valence-electron chi connectivity index (χ3n) is 4.16. The molecule has 3 rings (SSSR count). The van der Waals surface area contributed by atoms with Gasteiger partial charge in [0.2, 0.25) is 0 Å². The van der Waals surface area contributed by atoms with Gasteiger partial charge >= 0.3 is 0 Å². The van der Waals surface area contributed by atoms with Crippen molar-refractivity contribution >= 4 is 44.2 Å². The van der Waals surface area contributed by atoms with Crippen LogP contribution < -0.4 is 24.0 Å². The van der Waals surface area contributed by atoms with Gasteiger partial charge in [-0.3, -0.25) is 4.72 Å². The Kier molecular flexibility index (Phi) is 5.49. The van der Waals surface area contributed by atoms with Crippen molar-refractivity contribution < 1.29 is 32.5 Å². The molecule has 1 aromatic heterocycles. The lowest BCUT2D eigenvalue weighted by molar-refractivity contribution is -0.255. The number of hydrogen-bond acceptors (Lipinski definition) is 7. The molecule has 0 saturated heterocycles. The molecule has 0 radical (unpaired) electrons. The fraction of sp³-hybridized carbons (Fsp3) is 0.167. The largest absolute Gasteiger partial charge is 0.543 e. The number of nitrogens with one attached hydrogen (secondary N) is 2. The van der Waals surface area contributed by atoms with Gasteiger partial charge in [0, 0.05) is 16.5 Å². The highest BCUT2D eigenvalue weighted by molar-refractivity contribution is 7.92. The second-order valence-corrected chi connectivity index (χ2v) is 7.90. The molecular weight excluding hydrogens is 424 g/mol. The summed E-state index contributed by atoms with van der Waals surface area (Å²) in [6.07, 6.45) is 0. The molecule has 1 heterocycles. The summed E-state index contributed by atoms with van der Waals surface area (Å²) in [4.78, 5) is 14.0. The molecule has 0 spiro atoms. The quantitative estimate of drug-likeness (QED) is 0.575. The van der Waals surface area contributed by atoms with E-state index < -0.39 is 21.7 Å². The molecule has 0 aliphatic rings. The van der Waals surface area contributed by atoms with Crippen LogP contribution in [0.3, 0.4) is 0 Å². The molecule has 0 aliphatic heterocycles. The number of carbonyl (C=O) groups excluding carboxylic acids is 1. The second kappa shape index (κ2) is 7.72. The van der Waals surface area contributed by atoms with Crippen LogP contribution in [0.2, 0.25) is 5.02 Å². The number of carboxylic acids is 1. The van der Waals surface area contributed by atoms with Gasteiger partial charge in [0.25, 0.3) is 10.0 Å². The molecule has 0 fully saturated rings. The zero-order valence-electron chi connectivity index (χ0n) is 15.5. The number of fused-ring (bicyclic) bond motifs is 1. The van der Waals surface area contributed by atoms with Gasteiger partial charge in [-0.15, -0.1) is 0 Å². The van der Waals surface area contributed by atoms with Gasteiger partial charge in [0.15, 0.2) is 11.5 Å². The normalized spacial score (nSPS) is 11.3. The van der Waals surface area contributed by atoms with Gasteiger partial charge in [-0.1, -0.05) is 11.6 Å². The van der Waals surface area contributed by atoms with Crippen molar-refractivity contribution in [3.8, 4) is 17.2 Å². The summed E-state index contributed by atoms with van der Waals surface area (Å²) in [5, 5.41) is 12.0. The van der Waals surface area contributed by atoms with Crippen LogP contribution in [-0.4, -0.2) is 40.7 Å². The molecule has 2 aromatic carbocycles. The Morgan fingerprint density at radius 2 is 1.66 bits per heavy atom. The van der Waals surface area contributed by atoms with Gasteiger partial charge in [-0.25, -0.2) is 8.42 Å². The minimum Gasteiger partial charge on any atom is -0.543 e. The highest BCUT2D eigenvalue weighted by Gasteiger charge is 2.25. The second-order valence-electron chi connectivity index (χ2n) is 5.82. The maximum absolute atomic E-state index is 13.0. The number of sulfonamides is 1. The predicted molar refractivity (Wildman–Crippen MR) is 105 cm³/mol. The summed E-state index contributed by atoms with van der Waals surface area (Å²) in [6.45, 7) is 0. The third kappa shape index (κ3) is 3.76. The number of aromatic amines is 1. The number of halogens is 1. The van der Waals surface area contributed by atoms with Crippen LogP contribution in [-0.2, 0) is 10.0 Å². The van der Waals surface area contributed by atoms with Gasteiger partial charge in [-0.05, 0) is 24.3 Å². The first-order valence-corrected chi connectivity index (χ1v) is 9.93. The molecule has 0 saturated carbocycles. The first kappa shape index (κ1) is 20.6. The van der Waals surface area contributed by atoms with E-state index in [4.69, 9.17) is 25.8 Å². The Labute approximate surface area is 171 Å². The molecule has 3 aromatic rings. The molecule has 9 nitrogen and oxygen atoms in total. The number of benzene rings is 2. The Morgan fingerprint density at radius 1 is 1.03 bits per heavy atom. The maximum atomic E-state index is 13.0.